The first-order chi connectivity index (χ1) is 5.18. The average molecular weight is 149 g/mol. The van der Waals surface area contributed by atoms with E-state index in [4.69, 9.17) is 5.11 Å². The molecule has 0 aliphatic rings. The summed E-state index contributed by atoms with van der Waals surface area (Å²) in [6.45, 7) is 4.31. The van der Waals surface area contributed by atoms with E-state index < -0.39 is 0 Å². The minimum Gasteiger partial charge on any atom is -0.508 e. The van der Waals surface area contributed by atoms with E-state index >= 15 is 0 Å². The van der Waals surface area contributed by atoms with Crippen molar-refractivity contribution < 1.29 is 5.11 Å². The van der Waals surface area contributed by atoms with Gasteiger partial charge in [-0.3, -0.25) is 0 Å². The molecule has 1 rings (SSSR count). The second-order valence-electron chi connectivity index (χ2n) is 3.20. The number of aromatic hydroxyl groups is 1. The highest BCUT2D eigenvalue weighted by Crippen LogP contribution is 2.13. The SMILES string of the molecule is CC(C)Cc1c[c]cc(O)c1. The summed E-state index contributed by atoms with van der Waals surface area (Å²) in [5, 5.41) is 9.09. The van der Waals surface area contributed by atoms with Gasteiger partial charge in [-0.15, -0.1) is 0 Å². The third-order valence-electron chi connectivity index (χ3n) is 1.48. The molecule has 59 valence electrons. The lowest BCUT2D eigenvalue weighted by molar-refractivity contribution is 0.473. The van der Waals surface area contributed by atoms with Crippen molar-refractivity contribution >= 4 is 0 Å². The molecule has 0 aliphatic carbocycles. The van der Waals surface area contributed by atoms with Crippen LogP contribution in [0, 0.1) is 12.0 Å². The van der Waals surface area contributed by atoms with Gasteiger partial charge in [0.2, 0.25) is 0 Å². The first-order valence-corrected chi connectivity index (χ1v) is 3.87. The van der Waals surface area contributed by atoms with Crippen molar-refractivity contribution in [3.05, 3.63) is 29.8 Å². The number of hydrogen-bond donors (Lipinski definition) is 1. The van der Waals surface area contributed by atoms with Gasteiger partial charge in [0, 0.05) is 0 Å². The zero-order chi connectivity index (χ0) is 8.27. The van der Waals surface area contributed by atoms with Gasteiger partial charge in [-0.05, 0) is 36.1 Å². The Balaban J connectivity index is 2.71. The van der Waals surface area contributed by atoms with Gasteiger partial charge in [0.05, 0.1) is 0 Å². The molecule has 1 N–H and O–H groups in total. The third kappa shape index (κ3) is 2.62. The van der Waals surface area contributed by atoms with Crippen molar-refractivity contribution in [2.75, 3.05) is 0 Å². The van der Waals surface area contributed by atoms with Gasteiger partial charge in [0.1, 0.15) is 5.75 Å². The standard InChI is InChI=1S/C10H13O/c1-8(2)6-9-4-3-5-10(11)7-9/h4-5,7-8,11H,6H2,1-2H3. The Labute approximate surface area is 67.7 Å². The quantitative estimate of drug-likeness (QED) is 0.684. The van der Waals surface area contributed by atoms with Crippen LogP contribution in [0.25, 0.3) is 0 Å². The summed E-state index contributed by atoms with van der Waals surface area (Å²) in [5.74, 6) is 0.938. The Morgan fingerprint density at radius 2 is 2.18 bits per heavy atom. The molecule has 1 heteroatoms. The van der Waals surface area contributed by atoms with Crippen LogP contribution in [0.2, 0.25) is 0 Å². The predicted octanol–water partition coefficient (Wildman–Crippen LogP) is 2.39. The Morgan fingerprint density at radius 1 is 1.45 bits per heavy atom. The molecular formula is C10H13O. The number of phenolic OH excluding ortho intramolecular Hbond substituents is 1. The van der Waals surface area contributed by atoms with E-state index in [0.29, 0.717) is 11.7 Å². The molecule has 11 heavy (non-hydrogen) atoms. The van der Waals surface area contributed by atoms with Crippen LogP contribution in [-0.4, -0.2) is 5.11 Å². The van der Waals surface area contributed by atoms with Crippen LogP contribution < -0.4 is 0 Å². The summed E-state index contributed by atoms with van der Waals surface area (Å²) in [6, 6.07) is 8.16. The normalized spacial score (nSPS) is 10.5. The molecule has 0 amide bonds. The minimum atomic E-state index is 0.308. The first-order valence-electron chi connectivity index (χ1n) is 3.87. The lowest BCUT2D eigenvalue weighted by Crippen LogP contribution is -1.92. The molecule has 0 unspecified atom stereocenters. The molecule has 0 saturated carbocycles. The Hall–Kier alpha value is -0.980. The number of benzene rings is 1. The fourth-order valence-corrected chi connectivity index (χ4v) is 1.10. The molecule has 0 aliphatic heterocycles. The lowest BCUT2D eigenvalue weighted by Gasteiger charge is -2.03. The molecule has 0 spiro atoms. The number of hydrogen-bond acceptors (Lipinski definition) is 1. The molecule has 0 heterocycles. The summed E-state index contributed by atoms with van der Waals surface area (Å²) in [6.07, 6.45) is 1.00. The van der Waals surface area contributed by atoms with Gasteiger partial charge in [-0.25, -0.2) is 0 Å². The van der Waals surface area contributed by atoms with Crippen LogP contribution in [-0.2, 0) is 6.42 Å². The van der Waals surface area contributed by atoms with E-state index in [2.05, 4.69) is 19.9 Å². The summed E-state index contributed by atoms with van der Waals surface area (Å²) >= 11 is 0. The zero-order valence-electron chi connectivity index (χ0n) is 6.96. The van der Waals surface area contributed by atoms with Crippen LogP contribution >= 0.6 is 0 Å². The summed E-state index contributed by atoms with van der Waals surface area (Å²) in [4.78, 5) is 0. The number of rotatable bonds is 2. The summed E-state index contributed by atoms with van der Waals surface area (Å²) in [7, 11) is 0. The highest BCUT2D eigenvalue weighted by atomic mass is 16.3. The fourth-order valence-electron chi connectivity index (χ4n) is 1.10. The molecule has 0 fully saturated rings. The van der Waals surface area contributed by atoms with Crippen molar-refractivity contribution in [2.24, 2.45) is 5.92 Å². The van der Waals surface area contributed by atoms with E-state index in [0.717, 1.165) is 12.0 Å². The largest absolute Gasteiger partial charge is 0.508 e. The molecular weight excluding hydrogens is 136 g/mol. The van der Waals surface area contributed by atoms with E-state index in [9.17, 15) is 0 Å². The molecule has 0 aromatic heterocycles. The van der Waals surface area contributed by atoms with Crippen molar-refractivity contribution in [2.45, 2.75) is 20.3 Å². The van der Waals surface area contributed by atoms with Crippen molar-refractivity contribution in [3.8, 4) is 5.75 Å². The van der Waals surface area contributed by atoms with Gasteiger partial charge < -0.3 is 5.11 Å². The predicted molar refractivity (Wildman–Crippen MR) is 45.5 cm³/mol. The van der Waals surface area contributed by atoms with Gasteiger partial charge >= 0.3 is 0 Å². The maximum absolute atomic E-state index is 9.09. The lowest BCUT2D eigenvalue weighted by atomic mass is 10.0. The van der Waals surface area contributed by atoms with Crippen LogP contribution in [0.4, 0.5) is 0 Å². The summed E-state index contributed by atoms with van der Waals surface area (Å²) < 4.78 is 0. The van der Waals surface area contributed by atoms with E-state index in [1.807, 2.05) is 6.07 Å². The third-order valence-corrected chi connectivity index (χ3v) is 1.48. The van der Waals surface area contributed by atoms with Crippen LogP contribution in [0.5, 0.6) is 5.75 Å². The molecule has 1 aromatic carbocycles. The van der Waals surface area contributed by atoms with Crippen LogP contribution in [0.3, 0.4) is 0 Å². The maximum Gasteiger partial charge on any atom is 0.116 e. The maximum atomic E-state index is 9.09. The topological polar surface area (TPSA) is 20.2 Å². The van der Waals surface area contributed by atoms with Crippen LogP contribution in [0.15, 0.2) is 18.2 Å². The second-order valence-corrected chi connectivity index (χ2v) is 3.20. The van der Waals surface area contributed by atoms with Crippen molar-refractivity contribution in [1.29, 1.82) is 0 Å². The minimum absolute atomic E-state index is 0.308. The second kappa shape index (κ2) is 3.42. The Kier molecular flexibility index (Phi) is 2.53. The smallest absolute Gasteiger partial charge is 0.116 e. The average Bonchev–Trinajstić information content (AvgIpc) is 1.85. The van der Waals surface area contributed by atoms with Gasteiger partial charge in [0.25, 0.3) is 0 Å². The van der Waals surface area contributed by atoms with Crippen molar-refractivity contribution in [3.63, 3.8) is 0 Å². The highest BCUT2D eigenvalue weighted by Gasteiger charge is 1.97. The zero-order valence-corrected chi connectivity index (χ0v) is 6.96. The molecule has 0 atom stereocenters. The molecule has 1 nitrogen and oxygen atoms in total. The van der Waals surface area contributed by atoms with E-state index in [1.165, 1.54) is 0 Å². The highest BCUT2D eigenvalue weighted by molar-refractivity contribution is 5.26. The van der Waals surface area contributed by atoms with E-state index in [1.54, 1.807) is 12.1 Å². The van der Waals surface area contributed by atoms with Gasteiger partial charge in [-0.1, -0.05) is 19.9 Å². The molecule has 1 aromatic rings. The fraction of sp³-hybridized carbons (Fsp3) is 0.400. The van der Waals surface area contributed by atoms with Crippen LogP contribution in [0.1, 0.15) is 19.4 Å². The Morgan fingerprint density at radius 3 is 2.73 bits per heavy atom. The molecule has 0 saturated heterocycles. The molecule has 0 bridgehead atoms. The Bertz CT molecular complexity index is 228. The van der Waals surface area contributed by atoms with E-state index in [-0.39, 0.29) is 0 Å². The first kappa shape index (κ1) is 8.12. The number of phenols is 1. The summed E-state index contributed by atoms with van der Waals surface area (Å²) in [5.41, 5.74) is 1.15. The monoisotopic (exact) mass is 149 g/mol. The van der Waals surface area contributed by atoms with Gasteiger partial charge in [0.15, 0.2) is 0 Å². The molecule has 1 radical (unpaired) electrons. The van der Waals surface area contributed by atoms with Crippen molar-refractivity contribution in [1.82, 2.24) is 0 Å². The van der Waals surface area contributed by atoms with Gasteiger partial charge in [-0.2, -0.15) is 0 Å².